The number of aldehydes is 1. The van der Waals surface area contributed by atoms with Gasteiger partial charge in [-0.2, -0.15) is 13.2 Å². The zero-order valence-electron chi connectivity index (χ0n) is 7.14. The van der Waals surface area contributed by atoms with Crippen LogP contribution in [0.4, 0.5) is 13.2 Å². The summed E-state index contributed by atoms with van der Waals surface area (Å²) in [5.41, 5.74) is -0.659. The molecule has 0 heterocycles. The Kier molecular flexibility index (Phi) is 2.74. The van der Waals surface area contributed by atoms with Crippen LogP contribution in [0.3, 0.4) is 0 Å². The van der Waals surface area contributed by atoms with E-state index in [0.717, 1.165) is 24.3 Å². The van der Waals surface area contributed by atoms with Crippen molar-refractivity contribution in [2.75, 3.05) is 0 Å². The first-order valence-electron chi connectivity index (χ1n) is 3.78. The molecule has 14 heavy (non-hydrogen) atoms. The maximum atomic E-state index is 12.3. The van der Waals surface area contributed by atoms with E-state index in [1.165, 1.54) is 0 Å². The fourth-order valence-electron chi connectivity index (χ4n) is 1.08. The van der Waals surface area contributed by atoms with Gasteiger partial charge in [-0.3, -0.25) is 4.79 Å². The van der Waals surface area contributed by atoms with E-state index in [4.69, 9.17) is 0 Å². The van der Waals surface area contributed by atoms with E-state index in [9.17, 15) is 18.0 Å². The number of hydrogen-bond acceptors (Lipinski definition) is 1. The van der Waals surface area contributed by atoms with Crippen LogP contribution in [-0.2, 0) is 6.18 Å². The van der Waals surface area contributed by atoms with Crippen LogP contribution in [0.15, 0.2) is 24.8 Å². The van der Waals surface area contributed by atoms with Gasteiger partial charge in [-0.05, 0) is 17.7 Å². The van der Waals surface area contributed by atoms with Crippen LogP contribution >= 0.6 is 0 Å². The number of carbonyl (C=O) groups excluding carboxylic acids is 1. The number of rotatable bonds is 2. The van der Waals surface area contributed by atoms with Gasteiger partial charge in [-0.1, -0.05) is 18.7 Å². The standard InChI is InChI=1S/C10H7F3O/c1-2-8-5-7(6-14)3-4-9(8)10(11,12)13/h2-6H,1H2. The smallest absolute Gasteiger partial charge is 0.298 e. The first-order valence-corrected chi connectivity index (χ1v) is 3.78. The average molecular weight is 200 g/mol. The molecule has 0 unspecified atom stereocenters. The molecule has 0 saturated carbocycles. The Morgan fingerprint density at radius 1 is 1.29 bits per heavy atom. The second-order valence-electron chi connectivity index (χ2n) is 2.67. The first kappa shape index (κ1) is 10.5. The number of carbonyl (C=O) groups is 1. The highest BCUT2D eigenvalue weighted by Crippen LogP contribution is 2.32. The van der Waals surface area contributed by atoms with Crippen LogP contribution in [0.1, 0.15) is 21.5 Å². The third kappa shape index (κ3) is 2.02. The van der Waals surface area contributed by atoms with Crippen LogP contribution in [0.25, 0.3) is 6.08 Å². The third-order valence-electron chi connectivity index (χ3n) is 1.74. The van der Waals surface area contributed by atoms with Crippen molar-refractivity contribution in [3.63, 3.8) is 0 Å². The minimum Gasteiger partial charge on any atom is -0.298 e. The van der Waals surface area contributed by atoms with Gasteiger partial charge in [0.05, 0.1) is 5.56 Å². The molecule has 0 bridgehead atoms. The highest BCUT2D eigenvalue weighted by Gasteiger charge is 2.32. The van der Waals surface area contributed by atoms with Gasteiger partial charge in [0.2, 0.25) is 0 Å². The van der Waals surface area contributed by atoms with Gasteiger partial charge in [0.25, 0.3) is 0 Å². The van der Waals surface area contributed by atoms with E-state index in [1.54, 1.807) is 0 Å². The van der Waals surface area contributed by atoms with Gasteiger partial charge in [-0.25, -0.2) is 0 Å². The molecule has 0 N–H and O–H groups in total. The molecule has 0 radical (unpaired) electrons. The number of hydrogen-bond donors (Lipinski definition) is 0. The van der Waals surface area contributed by atoms with E-state index < -0.39 is 11.7 Å². The Morgan fingerprint density at radius 2 is 1.93 bits per heavy atom. The lowest BCUT2D eigenvalue weighted by Crippen LogP contribution is -2.07. The van der Waals surface area contributed by atoms with Gasteiger partial charge in [-0.15, -0.1) is 0 Å². The highest BCUT2D eigenvalue weighted by atomic mass is 19.4. The Hall–Kier alpha value is -1.58. The molecule has 0 spiro atoms. The van der Waals surface area contributed by atoms with Crippen molar-refractivity contribution < 1.29 is 18.0 Å². The van der Waals surface area contributed by atoms with Crippen molar-refractivity contribution in [1.82, 2.24) is 0 Å². The van der Waals surface area contributed by atoms with Crippen LogP contribution < -0.4 is 0 Å². The summed E-state index contributed by atoms with van der Waals surface area (Å²) in [6.07, 6.45) is -2.84. The number of benzene rings is 1. The van der Waals surface area contributed by atoms with E-state index in [2.05, 4.69) is 6.58 Å². The largest absolute Gasteiger partial charge is 0.416 e. The van der Waals surface area contributed by atoms with Crippen LogP contribution in [0, 0.1) is 0 Å². The van der Waals surface area contributed by atoms with E-state index >= 15 is 0 Å². The minimum atomic E-state index is -4.41. The van der Waals surface area contributed by atoms with Crippen molar-refractivity contribution in [3.05, 3.63) is 41.5 Å². The highest BCUT2D eigenvalue weighted by molar-refractivity contribution is 5.77. The molecule has 0 aromatic heterocycles. The lowest BCUT2D eigenvalue weighted by Gasteiger charge is -2.10. The van der Waals surface area contributed by atoms with Crippen molar-refractivity contribution in [1.29, 1.82) is 0 Å². The van der Waals surface area contributed by atoms with Gasteiger partial charge in [0, 0.05) is 5.56 Å². The van der Waals surface area contributed by atoms with Crippen LogP contribution in [0.5, 0.6) is 0 Å². The van der Waals surface area contributed by atoms with Crippen LogP contribution in [0.2, 0.25) is 0 Å². The molecule has 4 heteroatoms. The van der Waals surface area contributed by atoms with E-state index in [1.807, 2.05) is 0 Å². The van der Waals surface area contributed by atoms with Gasteiger partial charge < -0.3 is 0 Å². The summed E-state index contributed by atoms with van der Waals surface area (Å²) in [7, 11) is 0. The Bertz CT molecular complexity index is 366. The fraction of sp³-hybridized carbons (Fsp3) is 0.100. The molecular weight excluding hydrogens is 193 g/mol. The summed E-state index contributed by atoms with van der Waals surface area (Å²) in [4.78, 5) is 10.3. The molecule has 0 saturated heterocycles. The molecule has 74 valence electrons. The Labute approximate surface area is 78.9 Å². The summed E-state index contributed by atoms with van der Waals surface area (Å²) in [6, 6.07) is 3.16. The van der Waals surface area contributed by atoms with Gasteiger partial charge in [0.15, 0.2) is 0 Å². The summed E-state index contributed by atoms with van der Waals surface area (Å²) < 4.78 is 37.0. The summed E-state index contributed by atoms with van der Waals surface area (Å²) in [6.45, 7) is 3.26. The number of halogens is 3. The second kappa shape index (κ2) is 3.65. The molecule has 0 atom stereocenters. The third-order valence-corrected chi connectivity index (χ3v) is 1.74. The zero-order chi connectivity index (χ0) is 10.8. The molecule has 1 rings (SSSR count). The Morgan fingerprint density at radius 3 is 2.36 bits per heavy atom. The minimum absolute atomic E-state index is 0.0814. The van der Waals surface area contributed by atoms with E-state index in [0.29, 0.717) is 6.29 Å². The molecule has 1 nitrogen and oxygen atoms in total. The molecule has 1 aromatic rings. The zero-order valence-corrected chi connectivity index (χ0v) is 7.14. The lowest BCUT2D eigenvalue weighted by atomic mass is 10.0. The van der Waals surface area contributed by atoms with Gasteiger partial charge >= 0.3 is 6.18 Å². The SMILES string of the molecule is C=Cc1cc(C=O)ccc1C(F)(F)F. The predicted molar refractivity (Wildman–Crippen MR) is 46.9 cm³/mol. The monoisotopic (exact) mass is 200 g/mol. The fourth-order valence-corrected chi connectivity index (χ4v) is 1.08. The summed E-state index contributed by atoms with van der Waals surface area (Å²) >= 11 is 0. The summed E-state index contributed by atoms with van der Waals surface area (Å²) in [5.74, 6) is 0. The predicted octanol–water partition coefficient (Wildman–Crippen LogP) is 3.16. The van der Waals surface area contributed by atoms with Crippen molar-refractivity contribution in [2.24, 2.45) is 0 Å². The molecule has 0 amide bonds. The Balaban J connectivity index is 3.32. The molecule has 0 aliphatic heterocycles. The molecule has 0 aliphatic carbocycles. The first-order chi connectivity index (χ1) is 6.49. The quantitative estimate of drug-likeness (QED) is 0.670. The van der Waals surface area contributed by atoms with Crippen molar-refractivity contribution >= 4 is 12.4 Å². The molecule has 0 fully saturated rings. The maximum absolute atomic E-state index is 12.3. The normalized spacial score (nSPS) is 11.1. The molecule has 0 aliphatic rings. The van der Waals surface area contributed by atoms with Crippen molar-refractivity contribution in [3.8, 4) is 0 Å². The van der Waals surface area contributed by atoms with E-state index in [-0.39, 0.29) is 11.1 Å². The second-order valence-corrected chi connectivity index (χ2v) is 2.67. The number of alkyl halides is 3. The van der Waals surface area contributed by atoms with Gasteiger partial charge in [0.1, 0.15) is 6.29 Å². The van der Waals surface area contributed by atoms with Crippen LogP contribution in [-0.4, -0.2) is 6.29 Å². The van der Waals surface area contributed by atoms with Crippen molar-refractivity contribution in [2.45, 2.75) is 6.18 Å². The molecular formula is C10H7F3O. The average Bonchev–Trinajstić information content (AvgIpc) is 2.15. The molecule has 1 aromatic carbocycles. The lowest BCUT2D eigenvalue weighted by molar-refractivity contribution is -0.137. The maximum Gasteiger partial charge on any atom is 0.416 e. The summed E-state index contributed by atoms with van der Waals surface area (Å²) in [5, 5.41) is 0. The topological polar surface area (TPSA) is 17.1 Å².